The lowest BCUT2D eigenvalue weighted by Gasteiger charge is -2.22. The van der Waals surface area contributed by atoms with E-state index >= 15 is 0 Å². The topological polar surface area (TPSA) is 139 Å². The summed E-state index contributed by atoms with van der Waals surface area (Å²) in [6.07, 6.45) is 1.36. The Labute approximate surface area is 263 Å². The Morgan fingerprint density at radius 3 is 1.00 bits per heavy atom. The van der Waals surface area contributed by atoms with E-state index in [4.69, 9.17) is 18.1 Å². The largest absolute Gasteiger partial charge is 0.346 e. The molecule has 0 amide bonds. The van der Waals surface area contributed by atoms with Crippen molar-refractivity contribution in [1.82, 2.24) is 0 Å². The van der Waals surface area contributed by atoms with Crippen LogP contribution in [0, 0.1) is 0 Å². The molecule has 0 bridgehead atoms. The molecule has 0 saturated heterocycles. The van der Waals surface area contributed by atoms with E-state index in [1.807, 2.05) is 12.1 Å². The van der Waals surface area contributed by atoms with Crippen LogP contribution in [0.2, 0.25) is 0 Å². The maximum Gasteiger partial charge on any atom is 0.346 e. The summed E-state index contributed by atoms with van der Waals surface area (Å²) in [5, 5.41) is 2.09. The van der Waals surface area contributed by atoms with Crippen LogP contribution in [0.25, 0.3) is 12.2 Å². The van der Waals surface area contributed by atoms with E-state index in [2.05, 4.69) is 0 Å². The van der Waals surface area contributed by atoms with Gasteiger partial charge < -0.3 is 18.1 Å². The second-order valence-electron chi connectivity index (χ2n) is 10.8. The van der Waals surface area contributed by atoms with E-state index in [0.29, 0.717) is 0 Å². The molecule has 0 aromatic heterocycles. The Kier molecular flexibility index (Phi) is 16.7. The zero-order chi connectivity index (χ0) is 33.6. The van der Waals surface area contributed by atoms with Gasteiger partial charge in [0.25, 0.3) is 0 Å². The maximum atomic E-state index is 12.6. The van der Waals surface area contributed by atoms with Gasteiger partial charge in [-0.1, -0.05) is 60.7 Å². The van der Waals surface area contributed by atoms with Crippen LogP contribution in [0.5, 0.6) is 0 Å². The molecule has 248 valence electrons. The fraction of sp³-hybridized carbons (Fsp3) is 0.467. The summed E-state index contributed by atoms with van der Waals surface area (Å²) in [5.74, 6) is 0. The standard InChI is InChI=1S/2C15H23O5PS/c2*1-13(2)19-21(16,20-14(3)4)12-22(17,18)11-10-15-8-6-5-7-9-15/h2*5-11,13-14H,12H2,1-4H3/b2*11-10+. The molecular weight excluding hydrogens is 646 g/mol. The molecule has 0 heterocycles. The van der Waals surface area contributed by atoms with Crippen LogP contribution in [0.15, 0.2) is 71.5 Å². The second kappa shape index (κ2) is 18.3. The summed E-state index contributed by atoms with van der Waals surface area (Å²) >= 11 is 0. The van der Waals surface area contributed by atoms with Crippen molar-refractivity contribution in [2.45, 2.75) is 79.8 Å². The normalized spacial score (nSPS) is 13.4. The van der Waals surface area contributed by atoms with Gasteiger partial charge in [-0.2, -0.15) is 0 Å². The Bertz CT molecular complexity index is 1360. The number of benzene rings is 2. The summed E-state index contributed by atoms with van der Waals surface area (Å²) in [6, 6.07) is 18.0. The number of rotatable bonds is 16. The average molecular weight is 693 g/mol. The molecular formula is C30H46O10P2S2. The SMILES string of the molecule is CC(C)OP(=O)(CS(=O)(=O)/C=C/c1ccccc1)OC(C)C.CC(C)OP(=O)(CS(=O)(=O)/C=C/c1ccccc1)OC(C)C. The van der Waals surface area contributed by atoms with E-state index in [0.717, 1.165) is 21.9 Å². The van der Waals surface area contributed by atoms with E-state index in [9.17, 15) is 26.0 Å². The lowest BCUT2D eigenvalue weighted by atomic mass is 10.2. The summed E-state index contributed by atoms with van der Waals surface area (Å²) < 4.78 is 94.9. The van der Waals surface area contributed by atoms with E-state index < -0.39 is 70.3 Å². The van der Waals surface area contributed by atoms with Gasteiger partial charge in [0.15, 0.2) is 30.7 Å². The zero-order valence-corrected chi connectivity index (χ0v) is 30.0. The Hall–Kier alpha value is -1.88. The molecule has 0 aliphatic rings. The lowest BCUT2D eigenvalue weighted by molar-refractivity contribution is 0.144. The van der Waals surface area contributed by atoms with E-state index in [1.54, 1.807) is 104 Å². The molecule has 0 N–H and O–H groups in total. The zero-order valence-electron chi connectivity index (χ0n) is 26.6. The minimum absolute atomic E-state index is 0.391. The van der Waals surface area contributed by atoms with Crippen LogP contribution in [0.4, 0.5) is 0 Å². The van der Waals surface area contributed by atoms with Crippen LogP contribution < -0.4 is 0 Å². The minimum atomic E-state index is -3.72. The van der Waals surface area contributed by atoms with Gasteiger partial charge in [0.05, 0.1) is 24.4 Å². The Balaban J connectivity index is 0.000000440. The van der Waals surface area contributed by atoms with Crippen LogP contribution in [-0.2, 0) is 46.9 Å². The fourth-order valence-corrected chi connectivity index (χ4v) is 12.1. The fourth-order valence-electron chi connectivity index (χ4n) is 3.48. The molecule has 2 aromatic rings. The quantitative estimate of drug-likeness (QED) is 0.158. The first-order valence-electron chi connectivity index (χ1n) is 14.1. The van der Waals surface area contributed by atoms with Crippen LogP contribution in [0.1, 0.15) is 66.5 Å². The van der Waals surface area contributed by atoms with Crippen molar-refractivity contribution >= 4 is 47.0 Å². The summed E-state index contributed by atoms with van der Waals surface area (Å²) in [4.78, 5) is 0. The molecule has 0 radical (unpaired) electrons. The smallest absolute Gasteiger partial charge is 0.305 e. The average Bonchev–Trinajstić information content (AvgIpc) is 2.85. The summed E-state index contributed by atoms with van der Waals surface area (Å²) in [6.45, 7) is 13.5. The third-order valence-corrected chi connectivity index (χ3v) is 14.2. The van der Waals surface area contributed by atoms with E-state index in [1.165, 1.54) is 12.2 Å². The molecule has 0 aliphatic carbocycles. The van der Waals surface area contributed by atoms with Crippen molar-refractivity contribution in [3.63, 3.8) is 0 Å². The van der Waals surface area contributed by atoms with Gasteiger partial charge in [0.1, 0.15) is 0 Å². The molecule has 0 unspecified atom stereocenters. The molecule has 0 saturated carbocycles. The van der Waals surface area contributed by atoms with Gasteiger partial charge >= 0.3 is 15.2 Å². The number of sulfone groups is 2. The maximum absolute atomic E-state index is 12.6. The van der Waals surface area contributed by atoms with E-state index in [-0.39, 0.29) is 0 Å². The van der Waals surface area contributed by atoms with Gasteiger partial charge in [-0.05, 0) is 78.7 Å². The first-order valence-corrected chi connectivity index (χ1v) is 21.0. The predicted octanol–water partition coefficient (Wildman–Crippen LogP) is 8.15. The Morgan fingerprint density at radius 1 is 0.523 bits per heavy atom. The van der Waals surface area contributed by atoms with Crippen molar-refractivity contribution in [3.8, 4) is 0 Å². The van der Waals surface area contributed by atoms with Crippen LogP contribution in [-0.4, -0.2) is 52.2 Å². The van der Waals surface area contributed by atoms with Gasteiger partial charge in [-0.3, -0.25) is 9.13 Å². The molecule has 0 fully saturated rings. The van der Waals surface area contributed by atoms with Crippen molar-refractivity contribution in [3.05, 3.63) is 82.6 Å². The monoisotopic (exact) mass is 692 g/mol. The molecule has 0 spiro atoms. The van der Waals surface area contributed by atoms with Crippen molar-refractivity contribution in [1.29, 1.82) is 0 Å². The third kappa shape index (κ3) is 18.2. The molecule has 14 heteroatoms. The van der Waals surface area contributed by atoms with Crippen molar-refractivity contribution in [2.75, 3.05) is 11.0 Å². The molecule has 0 aliphatic heterocycles. The molecule has 10 nitrogen and oxygen atoms in total. The molecule has 2 aromatic carbocycles. The second-order valence-corrected chi connectivity index (χ2v) is 19.4. The molecule has 44 heavy (non-hydrogen) atoms. The first-order chi connectivity index (χ1) is 20.2. The van der Waals surface area contributed by atoms with Gasteiger partial charge in [-0.25, -0.2) is 16.8 Å². The summed E-state index contributed by atoms with van der Waals surface area (Å²) in [5.41, 5.74) is 0.158. The highest BCUT2D eigenvalue weighted by atomic mass is 32.2. The van der Waals surface area contributed by atoms with Crippen molar-refractivity contribution < 1.29 is 44.1 Å². The number of hydrogen-bond acceptors (Lipinski definition) is 10. The summed E-state index contributed by atoms with van der Waals surface area (Å²) in [7, 11) is -14.9. The molecule has 0 atom stereocenters. The predicted molar refractivity (Wildman–Crippen MR) is 179 cm³/mol. The molecule has 2 rings (SSSR count). The lowest BCUT2D eigenvalue weighted by Crippen LogP contribution is -2.14. The first kappa shape index (κ1) is 40.1. The van der Waals surface area contributed by atoms with Gasteiger partial charge in [-0.15, -0.1) is 0 Å². The number of hydrogen-bond donors (Lipinski definition) is 0. The highest BCUT2D eigenvalue weighted by Gasteiger charge is 2.34. The van der Waals surface area contributed by atoms with Crippen LogP contribution >= 0.6 is 15.2 Å². The highest BCUT2D eigenvalue weighted by Crippen LogP contribution is 2.52. The Morgan fingerprint density at radius 2 is 0.773 bits per heavy atom. The highest BCUT2D eigenvalue weighted by molar-refractivity contribution is 8.00. The van der Waals surface area contributed by atoms with Crippen LogP contribution in [0.3, 0.4) is 0 Å². The van der Waals surface area contributed by atoms with Gasteiger partial charge in [0, 0.05) is 10.8 Å². The third-order valence-electron chi connectivity index (χ3n) is 4.70. The van der Waals surface area contributed by atoms with Gasteiger partial charge in [0.2, 0.25) is 0 Å². The minimum Gasteiger partial charge on any atom is -0.305 e. The van der Waals surface area contributed by atoms with Crippen molar-refractivity contribution in [2.24, 2.45) is 0 Å².